The van der Waals surface area contributed by atoms with Crippen molar-refractivity contribution in [2.45, 2.75) is 18.4 Å². The van der Waals surface area contributed by atoms with E-state index in [-0.39, 0.29) is 28.6 Å². The SMILES string of the molecule is CN(CC1(O)CCOCC1)c1c(N)cc(N)c(Cl)c1F. The lowest BCUT2D eigenvalue weighted by Crippen LogP contribution is -2.46. The van der Waals surface area contributed by atoms with Crippen molar-refractivity contribution in [3.05, 3.63) is 16.9 Å². The third kappa shape index (κ3) is 2.92. The second-order valence-corrected chi connectivity index (χ2v) is 5.60. The number of rotatable bonds is 3. The fourth-order valence-electron chi connectivity index (χ4n) is 2.47. The van der Waals surface area contributed by atoms with E-state index in [1.165, 1.54) is 6.07 Å². The van der Waals surface area contributed by atoms with Crippen LogP contribution in [0.3, 0.4) is 0 Å². The summed E-state index contributed by atoms with van der Waals surface area (Å²) in [5.74, 6) is -0.665. The Morgan fingerprint density at radius 2 is 2.00 bits per heavy atom. The third-order valence-electron chi connectivity index (χ3n) is 3.58. The van der Waals surface area contributed by atoms with Crippen molar-refractivity contribution >= 4 is 28.7 Å². The van der Waals surface area contributed by atoms with Gasteiger partial charge in [-0.15, -0.1) is 0 Å². The van der Waals surface area contributed by atoms with E-state index in [4.69, 9.17) is 27.8 Å². The summed E-state index contributed by atoms with van der Waals surface area (Å²) in [4.78, 5) is 1.57. The molecule has 7 heteroatoms. The van der Waals surface area contributed by atoms with Crippen LogP contribution in [0.5, 0.6) is 0 Å². The van der Waals surface area contributed by atoms with Crippen molar-refractivity contribution in [2.24, 2.45) is 0 Å². The van der Waals surface area contributed by atoms with Crippen LogP contribution >= 0.6 is 11.6 Å². The molecular formula is C13H19ClFN3O2. The highest BCUT2D eigenvalue weighted by Gasteiger charge is 2.32. The van der Waals surface area contributed by atoms with E-state index < -0.39 is 11.4 Å². The molecule has 0 aliphatic carbocycles. The van der Waals surface area contributed by atoms with Gasteiger partial charge in [0.15, 0.2) is 5.82 Å². The molecule has 1 aliphatic rings. The summed E-state index contributed by atoms with van der Waals surface area (Å²) >= 11 is 5.81. The summed E-state index contributed by atoms with van der Waals surface area (Å²) in [6, 6.07) is 1.42. The summed E-state index contributed by atoms with van der Waals surface area (Å²) in [5.41, 5.74) is 10.9. The zero-order valence-electron chi connectivity index (χ0n) is 11.3. The van der Waals surface area contributed by atoms with E-state index in [2.05, 4.69) is 0 Å². The first-order valence-corrected chi connectivity index (χ1v) is 6.76. The molecule has 1 fully saturated rings. The van der Waals surface area contributed by atoms with Crippen LogP contribution in [-0.4, -0.2) is 37.5 Å². The molecule has 1 aromatic carbocycles. The van der Waals surface area contributed by atoms with Crippen LogP contribution in [0.4, 0.5) is 21.5 Å². The predicted octanol–water partition coefficient (Wildman–Crippen LogP) is 1.62. The van der Waals surface area contributed by atoms with E-state index in [1.807, 2.05) is 0 Å². The Labute approximate surface area is 122 Å². The summed E-state index contributed by atoms with van der Waals surface area (Å²) in [6.07, 6.45) is 1.00. The van der Waals surface area contributed by atoms with Crippen LogP contribution < -0.4 is 16.4 Å². The molecular weight excluding hydrogens is 285 g/mol. The van der Waals surface area contributed by atoms with Gasteiger partial charge in [0.1, 0.15) is 5.02 Å². The number of hydrogen-bond acceptors (Lipinski definition) is 5. The number of anilines is 3. The van der Waals surface area contributed by atoms with Crippen LogP contribution in [0, 0.1) is 5.82 Å². The minimum absolute atomic E-state index is 0.101. The van der Waals surface area contributed by atoms with Gasteiger partial charge in [-0.3, -0.25) is 0 Å². The van der Waals surface area contributed by atoms with E-state index in [9.17, 15) is 9.50 Å². The first-order valence-electron chi connectivity index (χ1n) is 6.38. The molecule has 0 radical (unpaired) electrons. The number of benzene rings is 1. The Kier molecular flexibility index (Phi) is 4.27. The maximum Gasteiger partial charge on any atom is 0.169 e. The van der Waals surface area contributed by atoms with E-state index >= 15 is 0 Å². The molecule has 1 heterocycles. The molecule has 1 saturated heterocycles. The molecule has 112 valence electrons. The van der Waals surface area contributed by atoms with Crippen LogP contribution in [0.2, 0.25) is 5.02 Å². The average molecular weight is 304 g/mol. The highest BCUT2D eigenvalue weighted by molar-refractivity contribution is 6.33. The summed E-state index contributed by atoms with van der Waals surface area (Å²) < 4.78 is 19.4. The summed E-state index contributed by atoms with van der Waals surface area (Å²) in [6.45, 7) is 1.23. The fraction of sp³-hybridized carbons (Fsp3) is 0.538. The molecule has 0 bridgehead atoms. The van der Waals surface area contributed by atoms with Gasteiger partial charge < -0.3 is 26.2 Å². The number of aliphatic hydroxyl groups is 1. The Morgan fingerprint density at radius 1 is 1.40 bits per heavy atom. The van der Waals surface area contributed by atoms with Gasteiger partial charge in [-0.05, 0) is 6.07 Å². The molecule has 5 N–H and O–H groups in total. The number of hydrogen-bond donors (Lipinski definition) is 3. The lowest BCUT2D eigenvalue weighted by atomic mass is 9.93. The second kappa shape index (κ2) is 5.63. The number of nitrogens with two attached hydrogens (primary N) is 2. The van der Waals surface area contributed by atoms with Gasteiger partial charge in [0.05, 0.1) is 22.7 Å². The van der Waals surface area contributed by atoms with Crippen molar-refractivity contribution in [3.8, 4) is 0 Å². The molecule has 0 spiro atoms. The van der Waals surface area contributed by atoms with Crippen molar-refractivity contribution < 1.29 is 14.2 Å². The molecule has 0 amide bonds. The summed E-state index contributed by atoms with van der Waals surface area (Å²) in [5, 5.41) is 10.3. The van der Waals surface area contributed by atoms with Crippen molar-refractivity contribution in [1.82, 2.24) is 0 Å². The molecule has 1 aliphatic heterocycles. The molecule has 0 atom stereocenters. The minimum Gasteiger partial charge on any atom is -0.397 e. The third-order valence-corrected chi connectivity index (χ3v) is 3.96. The monoisotopic (exact) mass is 303 g/mol. The first-order chi connectivity index (χ1) is 9.34. The van der Waals surface area contributed by atoms with E-state index in [0.29, 0.717) is 26.1 Å². The van der Waals surface area contributed by atoms with Crippen molar-refractivity contribution in [1.29, 1.82) is 0 Å². The quantitative estimate of drug-likeness (QED) is 0.739. The Bertz CT molecular complexity index is 507. The molecule has 0 saturated carbocycles. The number of likely N-dealkylation sites (N-methyl/N-ethyl adjacent to an activating group) is 1. The van der Waals surface area contributed by atoms with Crippen molar-refractivity contribution in [2.75, 3.05) is 43.2 Å². The molecule has 5 nitrogen and oxygen atoms in total. The highest BCUT2D eigenvalue weighted by atomic mass is 35.5. The minimum atomic E-state index is -0.917. The standard InChI is InChI=1S/C13H19ClFN3O2/c1-18(7-13(19)2-4-20-5-3-13)12-9(17)6-8(16)10(14)11(12)15/h6,19H,2-5,7,16-17H2,1H3. The Morgan fingerprint density at radius 3 is 2.60 bits per heavy atom. The van der Waals surface area contributed by atoms with Crippen LogP contribution in [0.1, 0.15) is 12.8 Å². The predicted molar refractivity (Wildman–Crippen MR) is 78.5 cm³/mol. The number of nitrogen functional groups attached to an aromatic ring is 2. The number of nitrogens with zero attached hydrogens (tertiary/aromatic N) is 1. The van der Waals surface area contributed by atoms with Gasteiger partial charge in [-0.2, -0.15) is 0 Å². The zero-order chi connectivity index (χ0) is 14.9. The fourth-order valence-corrected chi connectivity index (χ4v) is 2.62. The highest BCUT2D eigenvalue weighted by Crippen LogP contribution is 2.36. The molecule has 2 rings (SSSR count). The second-order valence-electron chi connectivity index (χ2n) is 5.22. The summed E-state index contributed by atoms with van der Waals surface area (Å²) in [7, 11) is 1.66. The van der Waals surface area contributed by atoms with Gasteiger partial charge >= 0.3 is 0 Å². The van der Waals surface area contributed by atoms with Crippen LogP contribution in [0.15, 0.2) is 6.07 Å². The lowest BCUT2D eigenvalue weighted by Gasteiger charge is -2.36. The smallest absolute Gasteiger partial charge is 0.169 e. The first kappa shape index (κ1) is 15.2. The van der Waals surface area contributed by atoms with Crippen LogP contribution in [0.25, 0.3) is 0 Å². The van der Waals surface area contributed by atoms with Gasteiger partial charge in [0.2, 0.25) is 0 Å². The average Bonchev–Trinajstić information content (AvgIpc) is 2.36. The lowest BCUT2D eigenvalue weighted by molar-refractivity contribution is -0.0572. The molecule has 20 heavy (non-hydrogen) atoms. The number of ether oxygens (including phenoxy) is 1. The molecule has 0 unspecified atom stereocenters. The zero-order valence-corrected chi connectivity index (χ0v) is 12.1. The maximum absolute atomic E-state index is 14.2. The molecule has 0 aromatic heterocycles. The largest absolute Gasteiger partial charge is 0.397 e. The van der Waals surface area contributed by atoms with Gasteiger partial charge in [-0.1, -0.05) is 11.6 Å². The normalized spacial score (nSPS) is 18.0. The van der Waals surface area contributed by atoms with Gasteiger partial charge in [0, 0.05) is 39.6 Å². The van der Waals surface area contributed by atoms with E-state index in [0.717, 1.165) is 0 Å². The van der Waals surface area contributed by atoms with Crippen molar-refractivity contribution in [3.63, 3.8) is 0 Å². The Balaban J connectivity index is 2.25. The number of halogens is 2. The van der Waals surface area contributed by atoms with Gasteiger partial charge in [-0.25, -0.2) is 4.39 Å². The topological polar surface area (TPSA) is 84.7 Å². The molecule has 1 aromatic rings. The van der Waals surface area contributed by atoms with E-state index in [1.54, 1.807) is 11.9 Å². The van der Waals surface area contributed by atoms with Gasteiger partial charge in [0.25, 0.3) is 0 Å². The maximum atomic E-state index is 14.2. The van der Waals surface area contributed by atoms with Crippen LogP contribution in [-0.2, 0) is 4.74 Å². The Hall–Kier alpha value is -1.24.